The van der Waals surface area contributed by atoms with Crippen LogP contribution in [0.5, 0.6) is 0 Å². The van der Waals surface area contributed by atoms with Crippen molar-refractivity contribution in [3.05, 3.63) is 53.9 Å². The minimum absolute atomic E-state index is 0.218. The molecule has 0 radical (unpaired) electrons. The fourth-order valence-corrected chi connectivity index (χ4v) is 6.74. The van der Waals surface area contributed by atoms with Crippen molar-refractivity contribution < 1.29 is 13.6 Å². The van der Waals surface area contributed by atoms with Gasteiger partial charge in [-0.3, -0.25) is 9.78 Å². The van der Waals surface area contributed by atoms with Crippen LogP contribution in [-0.4, -0.2) is 51.9 Å². The molecule has 6 rings (SSSR count). The molecule has 0 unspecified atom stereocenters. The van der Waals surface area contributed by atoms with Crippen molar-refractivity contribution in [1.82, 2.24) is 15.3 Å². The Bertz CT molecular complexity index is 1360. The number of nitrogens with one attached hydrogen (secondary N) is 1. The topological polar surface area (TPSA) is 81.9 Å². The zero-order valence-electron chi connectivity index (χ0n) is 21.9. The second-order valence-corrected chi connectivity index (χ2v) is 13.1. The molecule has 210 valence electrons. The average Bonchev–Trinajstić information content (AvgIpc) is 3.56. The molecule has 3 aliphatic rings. The summed E-state index contributed by atoms with van der Waals surface area (Å²) < 4.78 is 25.7. The van der Waals surface area contributed by atoms with Gasteiger partial charge in [0.1, 0.15) is 10.5 Å². The molecular formula is C29H30ClF2N5OS2. The minimum atomic E-state index is -2.61. The average molecular weight is 602 g/mol. The first kappa shape index (κ1) is 28.8. The third-order valence-corrected chi connectivity index (χ3v) is 9.64. The van der Waals surface area contributed by atoms with Crippen molar-refractivity contribution in [2.75, 3.05) is 29.5 Å². The van der Waals surface area contributed by atoms with Crippen LogP contribution in [0.1, 0.15) is 38.5 Å². The third-order valence-electron chi connectivity index (χ3n) is 7.40. The Balaban J connectivity index is 0.000000176. The van der Waals surface area contributed by atoms with E-state index in [0.29, 0.717) is 17.9 Å². The van der Waals surface area contributed by atoms with Crippen LogP contribution in [0.3, 0.4) is 0 Å². The molecule has 0 bridgehead atoms. The number of nitrogens with zero attached hydrogens (tertiary/aromatic N) is 4. The van der Waals surface area contributed by atoms with Gasteiger partial charge in [0.05, 0.1) is 16.0 Å². The first-order chi connectivity index (χ1) is 19.3. The number of hydrogen-bond donors (Lipinski definition) is 1. The highest BCUT2D eigenvalue weighted by atomic mass is 35.5. The largest absolute Gasteiger partial charge is 0.370 e. The number of hydrogen-bond acceptors (Lipinski definition) is 7. The number of thioether (sulfide) groups is 1. The molecule has 2 saturated carbocycles. The smallest absolute Gasteiger partial charge is 0.248 e. The zero-order valence-corrected chi connectivity index (χ0v) is 24.3. The number of nitriles is 1. The Morgan fingerprint density at radius 1 is 1.05 bits per heavy atom. The highest BCUT2D eigenvalue weighted by Gasteiger charge is 2.46. The van der Waals surface area contributed by atoms with Crippen LogP contribution in [0.25, 0.3) is 21.0 Å². The maximum Gasteiger partial charge on any atom is 0.248 e. The van der Waals surface area contributed by atoms with Gasteiger partial charge in [-0.2, -0.15) is 17.0 Å². The molecule has 1 amide bonds. The number of aromatic nitrogens is 2. The maximum atomic E-state index is 12.9. The van der Waals surface area contributed by atoms with Gasteiger partial charge in [-0.25, -0.2) is 13.8 Å². The summed E-state index contributed by atoms with van der Waals surface area (Å²) in [5.74, 6) is -0.746. The van der Waals surface area contributed by atoms with Gasteiger partial charge in [-0.05, 0) is 49.4 Å². The van der Waals surface area contributed by atoms with Crippen LogP contribution in [0.4, 0.5) is 14.5 Å². The van der Waals surface area contributed by atoms with Crippen molar-refractivity contribution in [1.29, 1.82) is 5.26 Å². The van der Waals surface area contributed by atoms with E-state index in [0.717, 1.165) is 28.5 Å². The fourth-order valence-electron chi connectivity index (χ4n) is 4.76. The molecule has 2 aliphatic carbocycles. The van der Waals surface area contributed by atoms with E-state index < -0.39 is 11.5 Å². The fraction of sp³-hybridized carbons (Fsp3) is 0.448. The number of pyridine rings is 1. The van der Waals surface area contributed by atoms with E-state index in [4.69, 9.17) is 16.9 Å². The van der Waals surface area contributed by atoms with Crippen molar-refractivity contribution >= 4 is 46.3 Å². The Morgan fingerprint density at radius 2 is 1.75 bits per heavy atom. The van der Waals surface area contributed by atoms with E-state index in [2.05, 4.69) is 50.5 Å². The van der Waals surface area contributed by atoms with E-state index in [1.807, 2.05) is 24.0 Å². The van der Waals surface area contributed by atoms with Crippen LogP contribution in [0.15, 0.2) is 48.9 Å². The molecular weight excluding hydrogens is 572 g/mol. The second-order valence-electron chi connectivity index (χ2n) is 10.4. The van der Waals surface area contributed by atoms with Gasteiger partial charge < -0.3 is 10.2 Å². The summed E-state index contributed by atoms with van der Waals surface area (Å²) in [5, 5.41) is 13.0. The number of carbonyl (C=O) groups excluding carboxylic acids is 1. The Labute approximate surface area is 246 Å². The zero-order chi connectivity index (χ0) is 28.2. The van der Waals surface area contributed by atoms with Gasteiger partial charge in [0.2, 0.25) is 11.8 Å². The molecule has 1 N–H and O–H groups in total. The Morgan fingerprint density at radius 3 is 2.38 bits per heavy atom. The van der Waals surface area contributed by atoms with Crippen molar-refractivity contribution in [3.8, 4) is 27.1 Å². The van der Waals surface area contributed by atoms with Crippen LogP contribution < -0.4 is 10.2 Å². The number of benzene rings is 1. The van der Waals surface area contributed by atoms with Gasteiger partial charge in [0, 0.05) is 73.2 Å². The van der Waals surface area contributed by atoms with Gasteiger partial charge in [-0.1, -0.05) is 23.7 Å². The predicted molar refractivity (Wildman–Crippen MR) is 158 cm³/mol. The summed E-state index contributed by atoms with van der Waals surface area (Å²) in [4.78, 5) is 24.0. The predicted octanol–water partition coefficient (Wildman–Crippen LogP) is 7.06. The molecule has 6 nitrogen and oxygen atoms in total. The van der Waals surface area contributed by atoms with E-state index in [9.17, 15) is 13.6 Å². The number of alkyl halides is 2. The summed E-state index contributed by atoms with van der Waals surface area (Å²) in [6, 6.07) is 12.8. The lowest BCUT2D eigenvalue weighted by molar-refractivity contribution is -0.129. The number of halogens is 3. The lowest BCUT2D eigenvalue weighted by atomic mass is 9.86. The van der Waals surface area contributed by atoms with Crippen LogP contribution >= 0.6 is 34.7 Å². The third kappa shape index (κ3) is 7.31. The molecule has 0 atom stereocenters. The number of carbonyl (C=O) groups is 1. The molecule has 1 saturated heterocycles. The van der Waals surface area contributed by atoms with Crippen LogP contribution in [0.2, 0.25) is 5.02 Å². The summed E-state index contributed by atoms with van der Waals surface area (Å²) in [6.07, 6.45) is 6.73. The number of thiazole rings is 1. The lowest BCUT2D eigenvalue weighted by Gasteiger charge is -2.28. The quantitative estimate of drug-likeness (QED) is 0.337. The molecule has 0 spiro atoms. The number of amides is 1. The molecule has 11 heteroatoms. The summed E-state index contributed by atoms with van der Waals surface area (Å²) in [6.45, 7) is 2.27. The molecule has 3 fully saturated rings. The van der Waals surface area contributed by atoms with E-state index in [1.54, 1.807) is 23.7 Å². The van der Waals surface area contributed by atoms with Gasteiger partial charge >= 0.3 is 0 Å². The van der Waals surface area contributed by atoms with Gasteiger partial charge in [-0.15, -0.1) is 11.3 Å². The lowest BCUT2D eigenvalue weighted by Crippen LogP contribution is -2.42. The van der Waals surface area contributed by atoms with Gasteiger partial charge in [0.25, 0.3) is 0 Å². The maximum absolute atomic E-state index is 12.9. The molecule has 3 heterocycles. The minimum Gasteiger partial charge on any atom is -0.370 e. The summed E-state index contributed by atoms with van der Waals surface area (Å²) in [7, 11) is 0. The van der Waals surface area contributed by atoms with Crippen molar-refractivity contribution in [2.45, 2.75) is 50.0 Å². The number of rotatable bonds is 5. The van der Waals surface area contributed by atoms with Crippen molar-refractivity contribution in [3.63, 3.8) is 0 Å². The van der Waals surface area contributed by atoms with E-state index >= 15 is 0 Å². The Hall–Kier alpha value is -2.74. The van der Waals surface area contributed by atoms with Crippen molar-refractivity contribution in [2.24, 2.45) is 5.92 Å². The molecule has 1 aliphatic heterocycles. The molecule has 3 aromatic rings. The second kappa shape index (κ2) is 12.4. The monoisotopic (exact) mass is 601 g/mol. The molecule has 1 aromatic carbocycles. The normalized spacial score (nSPS) is 19.6. The van der Waals surface area contributed by atoms with E-state index in [1.165, 1.54) is 22.8 Å². The molecule has 2 aromatic heterocycles. The van der Waals surface area contributed by atoms with E-state index in [-0.39, 0.29) is 37.5 Å². The summed E-state index contributed by atoms with van der Waals surface area (Å²) in [5.41, 5.74) is 2.78. The van der Waals surface area contributed by atoms with Crippen LogP contribution in [0, 0.1) is 17.2 Å². The molecule has 40 heavy (non-hydrogen) atoms. The highest BCUT2D eigenvalue weighted by molar-refractivity contribution is 7.99. The number of anilines is 1. The summed E-state index contributed by atoms with van der Waals surface area (Å²) >= 11 is 9.71. The SMILES string of the molecule is Clc1cncc(-c2ncc(-c3ccc(N4CCSCC4)cc3)s2)c1.N#CC1(NC(=O)C2CCC(F)(F)CC2)CC1. The highest BCUT2D eigenvalue weighted by Crippen LogP contribution is 2.39. The van der Waals surface area contributed by atoms with Crippen LogP contribution in [-0.2, 0) is 4.79 Å². The van der Waals surface area contributed by atoms with Gasteiger partial charge in [0.15, 0.2) is 0 Å². The first-order valence-corrected chi connectivity index (χ1v) is 15.7. The Kier molecular flexibility index (Phi) is 8.93. The standard InChI is InChI=1S/C18H16ClN3S2.C11H14F2N2O/c19-15-9-14(10-20-11-15)18-21-12-17(24-18)13-1-3-16(4-2-13)22-5-7-23-8-6-22;12-11(13)3-1-8(2-4-11)9(16)15-10(7-14)5-6-10/h1-4,9-12H,5-8H2;8H,1-6H2,(H,15,16). The first-order valence-electron chi connectivity index (χ1n) is 13.4.